The van der Waals surface area contributed by atoms with E-state index < -0.39 is 10.0 Å². The van der Waals surface area contributed by atoms with E-state index in [4.69, 9.17) is 4.74 Å². The van der Waals surface area contributed by atoms with E-state index >= 15 is 0 Å². The molecule has 1 amide bonds. The fourth-order valence-electron chi connectivity index (χ4n) is 3.11. The molecule has 0 radical (unpaired) electrons. The van der Waals surface area contributed by atoms with Gasteiger partial charge in [0.1, 0.15) is 0 Å². The molecule has 2 heterocycles. The Morgan fingerprint density at radius 2 is 2.19 bits per heavy atom. The number of amides is 1. The molecule has 1 aliphatic rings. The van der Waals surface area contributed by atoms with E-state index in [0.29, 0.717) is 12.1 Å². The first-order chi connectivity index (χ1) is 12.5. The highest BCUT2D eigenvalue weighted by atomic mass is 32.2. The molecule has 0 saturated carbocycles. The second-order valence-corrected chi connectivity index (χ2v) is 8.84. The number of likely N-dealkylation sites (tertiary alicyclic amines) is 1. The molecule has 0 bridgehead atoms. The molecule has 1 aromatic heterocycles. The summed E-state index contributed by atoms with van der Waals surface area (Å²) in [6.07, 6.45) is 1.88. The molecular formula is C18H22N2O4S2. The lowest BCUT2D eigenvalue weighted by molar-refractivity contribution is 0.0737. The third kappa shape index (κ3) is 4.15. The summed E-state index contributed by atoms with van der Waals surface area (Å²) in [5.74, 6) is -0.130. The molecule has 3 rings (SSSR count). The first kappa shape index (κ1) is 19.0. The minimum Gasteiger partial charge on any atom is -0.383 e. The van der Waals surface area contributed by atoms with Crippen molar-refractivity contribution in [3.05, 3.63) is 52.2 Å². The third-order valence-corrected chi connectivity index (χ3v) is 6.81. The van der Waals surface area contributed by atoms with Crippen molar-refractivity contribution in [2.75, 3.05) is 26.8 Å². The van der Waals surface area contributed by atoms with Crippen LogP contribution < -0.4 is 4.72 Å². The van der Waals surface area contributed by atoms with E-state index in [9.17, 15) is 13.2 Å². The fraction of sp³-hybridized carbons (Fsp3) is 0.389. The fourth-order valence-corrected chi connectivity index (χ4v) is 5.04. The molecule has 1 unspecified atom stereocenters. The van der Waals surface area contributed by atoms with Gasteiger partial charge in [0.15, 0.2) is 0 Å². The van der Waals surface area contributed by atoms with E-state index in [-0.39, 0.29) is 30.0 Å². The summed E-state index contributed by atoms with van der Waals surface area (Å²) in [4.78, 5) is 16.1. The molecule has 26 heavy (non-hydrogen) atoms. The van der Waals surface area contributed by atoms with E-state index in [2.05, 4.69) is 4.72 Å². The van der Waals surface area contributed by atoms with E-state index in [1.807, 2.05) is 22.4 Å². The van der Waals surface area contributed by atoms with E-state index in [1.54, 1.807) is 23.5 Å². The summed E-state index contributed by atoms with van der Waals surface area (Å²) >= 11 is 1.64. The Balaban J connectivity index is 1.80. The van der Waals surface area contributed by atoms with Crippen LogP contribution in [0.15, 0.2) is 46.7 Å². The molecule has 6 nitrogen and oxygen atoms in total. The molecule has 1 fully saturated rings. The van der Waals surface area contributed by atoms with Gasteiger partial charge in [-0.15, -0.1) is 11.3 Å². The number of sulfonamides is 1. The van der Waals surface area contributed by atoms with Crippen molar-refractivity contribution in [3.8, 4) is 0 Å². The normalized spacial score (nSPS) is 17.6. The highest BCUT2D eigenvalue weighted by Crippen LogP contribution is 2.35. The van der Waals surface area contributed by atoms with Crippen molar-refractivity contribution < 1.29 is 17.9 Å². The molecule has 1 aromatic carbocycles. The average Bonchev–Trinajstić information content (AvgIpc) is 3.32. The highest BCUT2D eigenvalue weighted by molar-refractivity contribution is 7.89. The lowest BCUT2D eigenvalue weighted by atomic mass is 10.1. The molecule has 2 aromatic rings. The Morgan fingerprint density at radius 3 is 2.92 bits per heavy atom. The van der Waals surface area contributed by atoms with Crippen LogP contribution in [-0.4, -0.2) is 46.0 Å². The van der Waals surface area contributed by atoms with Crippen LogP contribution in [0.5, 0.6) is 0 Å². The van der Waals surface area contributed by atoms with Crippen molar-refractivity contribution in [2.45, 2.75) is 23.8 Å². The van der Waals surface area contributed by atoms with Crippen LogP contribution in [0, 0.1) is 0 Å². The van der Waals surface area contributed by atoms with Gasteiger partial charge in [0.2, 0.25) is 10.0 Å². The van der Waals surface area contributed by atoms with Crippen molar-refractivity contribution in [1.82, 2.24) is 9.62 Å². The molecule has 8 heteroatoms. The van der Waals surface area contributed by atoms with Crippen LogP contribution in [-0.2, 0) is 14.8 Å². The van der Waals surface area contributed by atoms with Gasteiger partial charge in [-0.05, 0) is 42.5 Å². The molecular weight excluding hydrogens is 372 g/mol. The number of carbonyl (C=O) groups is 1. The van der Waals surface area contributed by atoms with Gasteiger partial charge in [-0.3, -0.25) is 4.79 Å². The minimum absolute atomic E-state index is 0.0718. The first-order valence-electron chi connectivity index (χ1n) is 8.46. The lowest BCUT2D eigenvalue weighted by Gasteiger charge is -2.24. The van der Waals surface area contributed by atoms with Gasteiger partial charge >= 0.3 is 0 Å². The van der Waals surface area contributed by atoms with Gasteiger partial charge in [-0.1, -0.05) is 12.1 Å². The molecule has 1 N–H and O–H groups in total. The monoisotopic (exact) mass is 394 g/mol. The summed E-state index contributed by atoms with van der Waals surface area (Å²) in [6, 6.07) is 10.3. The quantitative estimate of drug-likeness (QED) is 0.733. The summed E-state index contributed by atoms with van der Waals surface area (Å²) in [5.41, 5.74) is 0.392. The lowest BCUT2D eigenvalue weighted by Crippen LogP contribution is -2.31. The predicted molar refractivity (Wildman–Crippen MR) is 101 cm³/mol. The number of rotatable bonds is 7. The second kappa shape index (κ2) is 8.30. The van der Waals surface area contributed by atoms with Gasteiger partial charge < -0.3 is 9.64 Å². The van der Waals surface area contributed by atoms with Crippen molar-refractivity contribution in [2.24, 2.45) is 0 Å². The molecule has 1 saturated heterocycles. The zero-order valence-electron chi connectivity index (χ0n) is 14.6. The zero-order chi connectivity index (χ0) is 18.6. The smallest absolute Gasteiger partial charge is 0.254 e. The van der Waals surface area contributed by atoms with Crippen molar-refractivity contribution in [1.29, 1.82) is 0 Å². The largest absolute Gasteiger partial charge is 0.383 e. The summed E-state index contributed by atoms with van der Waals surface area (Å²) < 4.78 is 32.1. The standard InChI is InChI=1S/C18H22N2O4S2/c1-24-11-9-19-26(22,23)15-6-2-5-14(13-15)18(21)20-10-3-7-16(20)17-8-4-12-25-17/h2,4-6,8,12-13,16,19H,3,7,9-11H2,1H3. The summed E-state index contributed by atoms with van der Waals surface area (Å²) in [5, 5.41) is 2.01. The maximum absolute atomic E-state index is 13.0. The van der Waals surface area contributed by atoms with Crippen LogP contribution >= 0.6 is 11.3 Å². The van der Waals surface area contributed by atoms with Crippen LogP contribution in [0.25, 0.3) is 0 Å². The molecule has 0 aliphatic carbocycles. The van der Waals surface area contributed by atoms with Gasteiger partial charge in [-0.25, -0.2) is 13.1 Å². The Bertz CT molecular complexity index is 850. The Morgan fingerprint density at radius 1 is 1.35 bits per heavy atom. The van der Waals surface area contributed by atoms with Crippen molar-refractivity contribution in [3.63, 3.8) is 0 Å². The maximum Gasteiger partial charge on any atom is 0.254 e. The van der Waals surface area contributed by atoms with Crippen LogP contribution in [0.1, 0.15) is 34.1 Å². The molecule has 140 valence electrons. The van der Waals surface area contributed by atoms with Crippen LogP contribution in [0.3, 0.4) is 0 Å². The van der Waals surface area contributed by atoms with E-state index in [1.165, 1.54) is 24.1 Å². The number of thiophene rings is 1. The maximum atomic E-state index is 13.0. The Labute approximate surface area is 157 Å². The SMILES string of the molecule is COCCNS(=O)(=O)c1cccc(C(=O)N2CCCC2c2cccs2)c1. The highest BCUT2D eigenvalue weighted by Gasteiger charge is 2.31. The van der Waals surface area contributed by atoms with Gasteiger partial charge in [0.25, 0.3) is 5.91 Å². The van der Waals surface area contributed by atoms with Crippen LogP contribution in [0.4, 0.5) is 0 Å². The number of nitrogens with one attached hydrogen (secondary N) is 1. The minimum atomic E-state index is -3.67. The topological polar surface area (TPSA) is 75.7 Å². The summed E-state index contributed by atoms with van der Waals surface area (Å²) in [7, 11) is -2.16. The van der Waals surface area contributed by atoms with Crippen molar-refractivity contribution >= 4 is 27.3 Å². The summed E-state index contributed by atoms with van der Waals surface area (Å²) in [6.45, 7) is 1.15. The number of benzene rings is 1. The second-order valence-electron chi connectivity index (χ2n) is 6.09. The first-order valence-corrected chi connectivity index (χ1v) is 10.8. The Hall–Kier alpha value is -1.74. The van der Waals surface area contributed by atoms with Gasteiger partial charge in [0, 0.05) is 30.6 Å². The number of hydrogen-bond acceptors (Lipinski definition) is 5. The number of carbonyl (C=O) groups excluding carboxylic acids is 1. The molecule has 0 spiro atoms. The average molecular weight is 395 g/mol. The van der Waals surface area contributed by atoms with Gasteiger partial charge in [0.05, 0.1) is 17.5 Å². The number of nitrogens with zero attached hydrogens (tertiary/aromatic N) is 1. The third-order valence-electron chi connectivity index (χ3n) is 4.37. The number of hydrogen-bond donors (Lipinski definition) is 1. The molecule has 1 atom stereocenters. The number of ether oxygens (including phenoxy) is 1. The zero-order valence-corrected chi connectivity index (χ0v) is 16.2. The Kier molecular flexibility index (Phi) is 6.08. The van der Waals surface area contributed by atoms with Crippen LogP contribution in [0.2, 0.25) is 0 Å². The van der Waals surface area contributed by atoms with E-state index in [0.717, 1.165) is 12.8 Å². The molecule has 1 aliphatic heterocycles. The number of methoxy groups -OCH3 is 1. The van der Waals surface area contributed by atoms with Gasteiger partial charge in [-0.2, -0.15) is 0 Å². The predicted octanol–water partition coefficient (Wildman–Crippen LogP) is 2.65.